The minimum atomic E-state index is -0.796. The number of H-pyrrole nitrogens is 2. The predicted molar refractivity (Wildman–Crippen MR) is 87.3 cm³/mol. The molecule has 118 valence electrons. The summed E-state index contributed by atoms with van der Waals surface area (Å²) in [7, 11) is 0. The summed E-state index contributed by atoms with van der Waals surface area (Å²) in [5.74, 6) is 0.730. The highest BCUT2D eigenvalue weighted by molar-refractivity contribution is 5.34. The summed E-state index contributed by atoms with van der Waals surface area (Å²) in [5.41, 5.74) is 2.11. The van der Waals surface area contributed by atoms with Gasteiger partial charge in [-0.05, 0) is 17.2 Å². The van der Waals surface area contributed by atoms with Crippen molar-refractivity contribution in [3.05, 3.63) is 88.1 Å². The van der Waals surface area contributed by atoms with E-state index in [1.54, 1.807) is 0 Å². The lowest BCUT2D eigenvalue weighted by Gasteiger charge is -2.14. The smallest absolute Gasteiger partial charge is 0.323 e. The van der Waals surface area contributed by atoms with Gasteiger partial charge in [-0.15, -0.1) is 0 Å². The Morgan fingerprint density at radius 1 is 1.04 bits per heavy atom. The number of imidazole rings is 1. The van der Waals surface area contributed by atoms with Gasteiger partial charge >= 0.3 is 5.69 Å². The largest absolute Gasteiger partial charge is 0.489 e. The van der Waals surface area contributed by atoms with Crippen LogP contribution >= 0.6 is 0 Å². The number of benzene rings is 2. The Balaban J connectivity index is 1.71. The van der Waals surface area contributed by atoms with E-state index in [2.05, 4.69) is 9.97 Å². The van der Waals surface area contributed by atoms with E-state index in [9.17, 15) is 9.90 Å². The van der Waals surface area contributed by atoms with Gasteiger partial charge in [0.25, 0.3) is 0 Å². The highest BCUT2D eigenvalue weighted by atomic mass is 16.5. The number of hydrogen-bond donors (Lipinski definition) is 3. The summed E-state index contributed by atoms with van der Waals surface area (Å²) in [4.78, 5) is 16.2. The van der Waals surface area contributed by atoms with Crippen molar-refractivity contribution in [2.24, 2.45) is 0 Å². The molecule has 1 atom stereocenters. The highest BCUT2D eigenvalue weighted by Crippen LogP contribution is 2.24. The summed E-state index contributed by atoms with van der Waals surface area (Å²) in [6.07, 6.45) is 1.05. The van der Waals surface area contributed by atoms with Gasteiger partial charge in [-0.3, -0.25) is 0 Å². The van der Waals surface area contributed by atoms with E-state index in [1.807, 2.05) is 54.6 Å². The monoisotopic (exact) mass is 310 g/mol. The number of aromatic amines is 2. The fraction of sp³-hybridized carbons (Fsp3) is 0.167. The number of nitrogens with one attached hydrogen (secondary N) is 2. The number of aliphatic hydroxyl groups is 1. The quantitative estimate of drug-likeness (QED) is 0.655. The molecule has 2 aromatic carbocycles. The predicted octanol–water partition coefficient (Wildman–Crippen LogP) is 2.56. The lowest BCUT2D eigenvalue weighted by molar-refractivity contribution is 0.172. The summed E-state index contributed by atoms with van der Waals surface area (Å²) >= 11 is 0. The van der Waals surface area contributed by atoms with Crippen LogP contribution in [0.5, 0.6) is 5.75 Å². The van der Waals surface area contributed by atoms with E-state index < -0.39 is 6.10 Å². The Morgan fingerprint density at radius 2 is 1.78 bits per heavy atom. The highest BCUT2D eigenvalue weighted by Gasteiger charge is 2.13. The number of para-hydroxylation sites is 1. The lowest BCUT2D eigenvalue weighted by Crippen LogP contribution is -2.07. The maximum absolute atomic E-state index is 11.1. The minimum Gasteiger partial charge on any atom is -0.489 e. The van der Waals surface area contributed by atoms with Crippen molar-refractivity contribution < 1.29 is 9.84 Å². The number of ether oxygens (including phenoxy) is 1. The first-order chi connectivity index (χ1) is 11.2. The second kappa shape index (κ2) is 6.98. The maximum atomic E-state index is 11.1. The Bertz CT molecular complexity index is 808. The lowest BCUT2D eigenvalue weighted by atomic mass is 10.1. The van der Waals surface area contributed by atoms with Crippen LogP contribution in [0.2, 0.25) is 0 Å². The van der Waals surface area contributed by atoms with Gasteiger partial charge in [-0.2, -0.15) is 0 Å². The zero-order valence-corrected chi connectivity index (χ0v) is 12.5. The molecular weight excluding hydrogens is 292 g/mol. The third-order valence-corrected chi connectivity index (χ3v) is 3.60. The molecule has 1 heterocycles. The third-order valence-electron chi connectivity index (χ3n) is 3.60. The van der Waals surface area contributed by atoms with Crippen molar-refractivity contribution in [2.75, 3.05) is 0 Å². The average Bonchev–Trinajstić information content (AvgIpc) is 3.02. The fourth-order valence-electron chi connectivity index (χ4n) is 2.39. The number of hydrogen-bond acceptors (Lipinski definition) is 3. The second-order valence-corrected chi connectivity index (χ2v) is 5.30. The number of aromatic nitrogens is 2. The first-order valence-electron chi connectivity index (χ1n) is 7.42. The molecule has 0 spiro atoms. The van der Waals surface area contributed by atoms with E-state index in [4.69, 9.17) is 4.74 Å². The van der Waals surface area contributed by atoms with Crippen LogP contribution in [0.1, 0.15) is 22.9 Å². The molecule has 3 rings (SSSR count). The van der Waals surface area contributed by atoms with E-state index >= 15 is 0 Å². The molecule has 0 saturated carbocycles. The first-order valence-corrected chi connectivity index (χ1v) is 7.42. The molecule has 0 aliphatic heterocycles. The number of aliphatic hydroxyl groups excluding tert-OH is 1. The molecule has 23 heavy (non-hydrogen) atoms. The molecule has 0 saturated heterocycles. The van der Waals surface area contributed by atoms with E-state index in [0.717, 1.165) is 16.9 Å². The van der Waals surface area contributed by atoms with Crippen LogP contribution < -0.4 is 10.4 Å². The normalized spacial score (nSPS) is 12.0. The molecular formula is C18H18N2O3. The van der Waals surface area contributed by atoms with Crippen LogP contribution in [0.15, 0.2) is 65.6 Å². The van der Waals surface area contributed by atoms with Gasteiger partial charge < -0.3 is 19.8 Å². The summed E-state index contributed by atoms with van der Waals surface area (Å²) < 4.78 is 5.87. The Labute approximate surface area is 133 Å². The van der Waals surface area contributed by atoms with E-state index in [-0.39, 0.29) is 5.69 Å². The van der Waals surface area contributed by atoms with Crippen LogP contribution in [-0.4, -0.2) is 15.1 Å². The van der Waals surface area contributed by atoms with Gasteiger partial charge in [0.15, 0.2) is 0 Å². The zero-order chi connectivity index (χ0) is 16.1. The van der Waals surface area contributed by atoms with Crippen molar-refractivity contribution in [1.29, 1.82) is 0 Å². The summed E-state index contributed by atoms with van der Waals surface area (Å²) in [6, 6.07) is 17.5. The summed E-state index contributed by atoms with van der Waals surface area (Å²) in [6.45, 7) is 0.467. The molecule has 1 unspecified atom stereocenters. The SMILES string of the molecule is O=c1[nH]cc(C(O)Cc2ccccc2OCc2ccccc2)[nH]1. The molecule has 5 heteroatoms. The van der Waals surface area contributed by atoms with Crippen LogP contribution in [0.4, 0.5) is 0 Å². The van der Waals surface area contributed by atoms with Crippen LogP contribution in [0.3, 0.4) is 0 Å². The second-order valence-electron chi connectivity index (χ2n) is 5.30. The number of rotatable bonds is 6. The third kappa shape index (κ3) is 3.90. The minimum absolute atomic E-state index is 0.326. The molecule has 0 radical (unpaired) electrons. The van der Waals surface area contributed by atoms with E-state index in [1.165, 1.54) is 6.20 Å². The topological polar surface area (TPSA) is 78.1 Å². The van der Waals surface area contributed by atoms with Crippen LogP contribution in [0.25, 0.3) is 0 Å². The van der Waals surface area contributed by atoms with Crippen molar-refractivity contribution in [2.45, 2.75) is 19.1 Å². The van der Waals surface area contributed by atoms with Gasteiger partial charge in [0.05, 0.1) is 11.8 Å². The molecule has 3 aromatic rings. The van der Waals surface area contributed by atoms with Crippen molar-refractivity contribution in [1.82, 2.24) is 9.97 Å². The Kier molecular flexibility index (Phi) is 4.59. The van der Waals surface area contributed by atoms with Crippen LogP contribution in [0, 0.1) is 0 Å². The van der Waals surface area contributed by atoms with Crippen molar-refractivity contribution in [3.63, 3.8) is 0 Å². The van der Waals surface area contributed by atoms with Gasteiger partial charge in [0.1, 0.15) is 12.4 Å². The zero-order valence-electron chi connectivity index (χ0n) is 12.5. The van der Waals surface area contributed by atoms with Gasteiger partial charge in [-0.1, -0.05) is 48.5 Å². The molecule has 0 fully saturated rings. The Hall–Kier alpha value is -2.79. The first kappa shape index (κ1) is 15.1. The van der Waals surface area contributed by atoms with Gasteiger partial charge in [-0.25, -0.2) is 4.79 Å². The molecule has 3 N–H and O–H groups in total. The van der Waals surface area contributed by atoms with Gasteiger partial charge in [0, 0.05) is 12.6 Å². The molecule has 0 aliphatic carbocycles. The molecule has 0 amide bonds. The van der Waals surface area contributed by atoms with Crippen molar-refractivity contribution in [3.8, 4) is 5.75 Å². The van der Waals surface area contributed by atoms with Crippen LogP contribution in [-0.2, 0) is 13.0 Å². The average molecular weight is 310 g/mol. The molecule has 5 nitrogen and oxygen atoms in total. The molecule has 1 aromatic heterocycles. The van der Waals surface area contributed by atoms with E-state index in [0.29, 0.717) is 18.7 Å². The van der Waals surface area contributed by atoms with Crippen molar-refractivity contribution >= 4 is 0 Å². The standard InChI is InChI=1S/C18H18N2O3/c21-16(15-11-19-18(22)20-15)10-14-8-4-5-9-17(14)23-12-13-6-2-1-3-7-13/h1-9,11,16,21H,10,12H2,(H2,19,20,22). The van der Waals surface area contributed by atoms with Gasteiger partial charge in [0.2, 0.25) is 0 Å². The molecule has 0 aliphatic rings. The fourth-order valence-corrected chi connectivity index (χ4v) is 2.39. The molecule has 0 bridgehead atoms. The maximum Gasteiger partial charge on any atom is 0.323 e. The summed E-state index contributed by atoms with van der Waals surface area (Å²) in [5, 5.41) is 10.3. The Morgan fingerprint density at radius 3 is 2.52 bits per heavy atom.